The van der Waals surface area contributed by atoms with E-state index >= 15 is 0 Å². The second-order valence-electron chi connectivity index (χ2n) is 4.17. The van der Waals surface area contributed by atoms with Gasteiger partial charge in [0, 0.05) is 11.6 Å². The van der Waals surface area contributed by atoms with Crippen LogP contribution in [-0.4, -0.2) is 33.9 Å². The molecule has 2 aliphatic rings. The topological polar surface area (TPSA) is 80.3 Å². The van der Waals surface area contributed by atoms with Crippen LogP contribution in [0.1, 0.15) is 5.56 Å². The Hall–Kier alpha value is -1.90. The molecule has 0 N–H and O–H groups in total. The molecule has 1 unspecified atom stereocenters. The van der Waals surface area contributed by atoms with E-state index in [4.69, 9.17) is 16.4 Å². The maximum Gasteiger partial charge on any atom is 0.288 e. The fraction of sp³-hybridized carbons (Fsp3) is 0.167. The van der Waals surface area contributed by atoms with Gasteiger partial charge >= 0.3 is 0 Å². The van der Waals surface area contributed by atoms with Crippen molar-refractivity contribution in [3.63, 3.8) is 0 Å². The summed E-state index contributed by atoms with van der Waals surface area (Å²) in [5.41, 5.74) is 1.24. The molecule has 9 heteroatoms. The molecule has 0 amide bonds. The molecule has 0 radical (unpaired) electrons. The van der Waals surface area contributed by atoms with Crippen molar-refractivity contribution >= 4 is 40.4 Å². The van der Waals surface area contributed by atoms with Crippen molar-refractivity contribution in [2.75, 3.05) is 7.11 Å². The summed E-state index contributed by atoms with van der Waals surface area (Å²) >= 11 is 7.25. The smallest absolute Gasteiger partial charge is 0.274 e. The molecule has 0 saturated heterocycles. The van der Waals surface area contributed by atoms with Crippen molar-refractivity contribution in [1.29, 1.82) is 0 Å². The number of halogens is 1. The normalized spacial score (nSPS) is 20.1. The predicted octanol–water partition coefficient (Wildman–Crippen LogP) is 2.81. The van der Waals surface area contributed by atoms with Crippen molar-refractivity contribution in [3.8, 4) is 0 Å². The van der Waals surface area contributed by atoms with Gasteiger partial charge in [0.1, 0.15) is 16.4 Å². The molecule has 0 aromatic heterocycles. The summed E-state index contributed by atoms with van der Waals surface area (Å²) in [7, 11) is 1.54. The average Bonchev–Trinajstić information content (AvgIpc) is 2.91. The first-order valence-electron chi connectivity index (χ1n) is 5.85. The monoisotopic (exact) mass is 324 g/mol. The summed E-state index contributed by atoms with van der Waals surface area (Å²) in [6, 6.07) is 4.63. The lowest BCUT2D eigenvalue weighted by Gasteiger charge is -2.24. The van der Waals surface area contributed by atoms with Crippen molar-refractivity contribution < 1.29 is 9.76 Å². The van der Waals surface area contributed by atoms with Gasteiger partial charge in [0.15, 0.2) is 5.37 Å². The Labute approximate surface area is 129 Å². The van der Waals surface area contributed by atoms with Crippen molar-refractivity contribution in [1.82, 2.24) is 5.06 Å². The number of aliphatic imine (C=N–C) groups is 2. The highest BCUT2D eigenvalue weighted by Gasteiger charge is 2.33. The number of hydrogen-bond donors (Lipinski definition) is 0. The van der Waals surface area contributed by atoms with Gasteiger partial charge in [-0.2, -0.15) is 0 Å². The van der Waals surface area contributed by atoms with Crippen LogP contribution in [0, 0.1) is 10.1 Å². The van der Waals surface area contributed by atoms with Gasteiger partial charge in [-0.1, -0.05) is 29.4 Å². The van der Waals surface area contributed by atoms with Crippen molar-refractivity contribution in [3.05, 3.63) is 50.8 Å². The summed E-state index contributed by atoms with van der Waals surface area (Å²) in [6.45, 7) is 0. The van der Waals surface area contributed by atoms with E-state index in [0.29, 0.717) is 10.6 Å². The minimum atomic E-state index is -0.511. The number of hydroxylamine groups is 2. The molecule has 7 nitrogen and oxygen atoms in total. The number of benzene rings is 1. The zero-order chi connectivity index (χ0) is 15.0. The number of nitro groups is 1. The zero-order valence-corrected chi connectivity index (χ0v) is 12.3. The van der Waals surface area contributed by atoms with Gasteiger partial charge < -0.3 is 0 Å². The lowest BCUT2D eigenvalue weighted by atomic mass is 10.2. The number of rotatable bonds is 3. The van der Waals surface area contributed by atoms with Crippen LogP contribution in [-0.2, 0) is 4.84 Å². The number of fused-ring (bicyclic) bond motifs is 1. The third-order valence-corrected chi connectivity index (χ3v) is 4.47. The fourth-order valence-electron chi connectivity index (χ4n) is 1.94. The molecular formula is C12H9ClN4O3S. The third-order valence-electron chi connectivity index (χ3n) is 2.93. The molecule has 1 atom stereocenters. The number of thioether (sulfide) groups is 1. The van der Waals surface area contributed by atoms with E-state index in [1.165, 1.54) is 23.9 Å². The summed E-state index contributed by atoms with van der Waals surface area (Å²) in [5.74, 6) is 0. The summed E-state index contributed by atoms with van der Waals surface area (Å²) in [6.07, 6.45) is 3.20. The molecule has 0 spiro atoms. The van der Waals surface area contributed by atoms with E-state index in [1.807, 2.05) is 0 Å². The first kappa shape index (κ1) is 14.1. The molecule has 0 fully saturated rings. The molecule has 108 valence electrons. The second kappa shape index (κ2) is 5.47. The predicted molar refractivity (Wildman–Crippen MR) is 81.4 cm³/mol. The number of hydrogen-bond acceptors (Lipinski definition) is 7. The van der Waals surface area contributed by atoms with Crippen LogP contribution in [0.15, 0.2) is 40.1 Å². The van der Waals surface area contributed by atoms with Gasteiger partial charge in [0.05, 0.1) is 23.9 Å². The standard InChI is InChI=1S/C12H9ClN4O3S/c1-20-16-6-14-5-9-12(16)21-11(15-9)7-2-3-8(13)10(4-7)17(18)19/h2-6,12H,1H3. The van der Waals surface area contributed by atoms with Gasteiger partial charge in [-0.25, -0.2) is 15.0 Å². The van der Waals surface area contributed by atoms with Crippen LogP contribution >= 0.6 is 23.4 Å². The van der Waals surface area contributed by atoms with Crippen LogP contribution in [0.3, 0.4) is 0 Å². The molecule has 0 aliphatic carbocycles. The maximum atomic E-state index is 11.0. The van der Waals surface area contributed by atoms with Crippen LogP contribution in [0.4, 0.5) is 5.69 Å². The minimum absolute atomic E-state index is 0.103. The van der Waals surface area contributed by atoms with Crippen LogP contribution < -0.4 is 0 Å². The van der Waals surface area contributed by atoms with Gasteiger partial charge in [-0.05, 0) is 6.07 Å². The van der Waals surface area contributed by atoms with Crippen LogP contribution in [0.25, 0.3) is 0 Å². The van der Waals surface area contributed by atoms with E-state index < -0.39 is 4.92 Å². The van der Waals surface area contributed by atoms with Gasteiger partial charge in [-0.3, -0.25) is 15.0 Å². The van der Waals surface area contributed by atoms with E-state index in [0.717, 1.165) is 5.70 Å². The maximum absolute atomic E-state index is 11.0. The first-order valence-corrected chi connectivity index (χ1v) is 7.11. The number of nitrogens with zero attached hydrogens (tertiary/aromatic N) is 4. The highest BCUT2D eigenvalue weighted by atomic mass is 35.5. The summed E-state index contributed by atoms with van der Waals surface area (Å²) in [4.78, 5) is 24.1. The molecule has 2 aliphatic heterocycles. The lowest BCUT2D eigenvalue weighted by Crippen LogP contribution is -2.32. The Morgan fingerprint density at radius 1 is 1.52 bits per heavy atom. The van der Waals surface area contributed by atoms with E-state index in [9.17, 15) is 10.1 Å². The number of nitro benzene ring substituents is 1. The highest BCUT2D eigenvalue weighted by molar-refractivity contribution is 8.15. The van der Waals surface area contributed by atoms with Gasteiger partial charge in [-0.15, -0.1) is 0 Å². The Kier molecular flexibility index (Phi) is 3.66. The lowest BCUT2D eigenvalue weighted by molar-refractivity contribution is -0.384. The molecule has 2 heterocycles. The Morgan fingerprint density at radius 3 is 3.05 bits per heavy atom. The summed E-state index contributed by atoms with van der Waals surface area (Å²) < 4.78 is 0. The third kappa shape index (κ3) is 2.53. The molecule has 1 aromatic carbocycles. The molecular weight excluding hydrogens is 316 g/mol. The molecule has 3 rings (SSSR count). The Bertz CT molecular complexity index is 704. The largest absolute Gasteiger partial charge is 0.288 e. The van der Waals surface area contributed by atoms with Crippen LogP contribution in [0.5, 0.6) is 0 Å². The molecule has 0 saturated carbocycles. The van der Waals surface area contributed by atoms with Crippen LogP contribution in [0.2, 0.25) is 5.02 Å². The van der Waals surface area contributed by atoms with E-state index in [2.05, 4.69) is 9.98 Å². The van der Waals surface area contributed by atoms with Gasteiger partial charge in [0.25, 0.3) is 5.69 Å². The summed E-state index contributed by atoms with van der Waals surface area (Å²) in [5, 5.41) is 13.1. The minimum Gasteiger partial charge on any atom is -0.274 e. The van der Waals surface area contributed by atoms with Crippen molar-refractivity contribution in [2.24, 2.45) is 9.98 Å². The second-order valence-corrected chi connectivity index (χ2v) is 5.65. The molecule has 21 heavy (non-hydrogen) atoms. The molecule has 1 aromatic rings. The highest BCUT2D eigenvalue weighted by Crippen LogP contribution is 2.37. The average molecular weight is 325 g/mol. The quantitative estimate of drug-likeness (QED) is 0.631. The van der Waals surface area contributed by atoms with Gasteiger partial charge in [0.2, 0.25) is 0 Å². The van der Waals surface area contributed by atoms with E-state index in [1.54, 1.807) is 30.8 Å². The zero-order valence-electron chi connectivity index (χ0n) is 10.8. The Balaban J connectivity index is 1.95. The first-order chi connectivity index (χ1) is 10.1. The molecule has 0 bridgehead atoms. The Morgan fingerprint density at radius 2 is 2.33 bits per heavy atom. The van der Waals surface area contributed by atoms with E-state index in [-0.39, 0.29) is 16.1 Å². The van der Waals surface area contributed by atoms with Crippen molar-refractivity contribution in [2.45, 2.75) is 5.37 Å². The fourth-order valence-corrected chi connectivity index (χ4v) is 3.23. The SMILES string of the molecule is CON1C=NC=C2N=C(c3ccc(Cl)c([N+](=O)[O-])c3)SC21.